The van der Waals surface area contributed by atoms with Crippen molar-refractivity contribution < 1.29 is 9.53 Å². The fourth-order valence-electron chi connectivity index (χ4n) is 4.49. The lowest BCUT2D eigenvalue weighted by atomic mass is 10.00. The quantitative estimate of drug-likeness (QED) is 0.486. The van der Waals surface area contributed by atoms with Crippen molar-refractivity contribution in [1.82, 2.24) is 19.2 Å². The average Bonchev–Trinajstić information content (AvgIpc) is 3.38. The molecule has 2 aliphatic rings. The van der Waals surface area contributed by atoms with Crippen molar-refractivity contribution in [3.05, 3.63) is 52.6 Å². The van der Waals surface area contributed by atoms with Crippen LogP contribution in [-0.2, 0) is 22.6 Å². The Balaban J connectivity index is 1.51. The second-order valence-electron chi connectivity index (χ2n) is 8.05. The molecule has 2 heterocycles. The van der Waals surface area contributed by atoms with Gasteiger partial charge in [-0.15, -0.1) is 0 Å². The van der Waals surface area contributed by atoms with E-state index in [1.165, 1.54) is 24.0 Å². The number of hydrogen-bond donors (Lipinski definition) is 0. The van der Waals surface area contributed by atoms with Crippen LogP contribution in [-0.4, -0.2) is 44.9 Å². The lowest BCUT2D eigenvalue weighted by Crippen LogP contribution is -2.31. The predicted molar refractivity (Wildman–Crippen MR) is 120 cm³/mol. The van der Waals surface area contributed by atoms with E-state index in [1.54, 1.807) is 0 Å². The summed E-state index contributed by atoms with van der Waals surface area (Å²) in [5, 5.41) is 4.76. The first kappa shape index (κ1) is 21.0. The van der Waals surface area contributed by atoms with Crippen molar-refractivity contribution >= 4 is 23.8 Å². The standard InChI is InChI=1S/C23H30N4O2S/c1-2-29-22(28)16-21-24-26(23(30)27(21)20-10-6-7-11-20)17-25-14-12-19(13-15-25)18-8-4-3-5-9-18/h3-5,8-9,12,20H,2,6-7,10-11,13-17H2,1H3. The molecule has 0 radical (unpaired) electrons. The highest BCUT2D eigenvalue weighted by molar-refractivity contribution is 7.71. The Labute approximate surface area is 183 Å². The Morgan fingerprint density at radius 1 is 1.23 bits per heavy atom. The molecule has 0 amide bonds. The SMILES string of the molecule is CCOC(=O)Cc1nn(CN2CC=C(c3ccccc3)CC2)c(=S)n1C1CCCC1. The highest BCUT2D eigenvalue weighted by Crippen LogP contribution is 2.31. The van der Waals surface area contributed by atoms with Crippen molar-refractivity contribution in [1.29, 1.82) is 0 Å². The van der Waals surface area contributed by atoms with Crippen molar-refractivity contribution in [3.63, 3.8) is 0 Å². The summed E-state index contributed by atoms with van der Waals surface area (Å²) in [5.41, 5.74) is 2.70. The normalized spacial score (nSPS) is 17.8. The number of rotatable bonds is 7. The van der Waals surface area contributed by atoms with Gasteiger partial charge in [-0.2, -0.15) is 5.10 Å². The van der Waals surface area contributed by atoms with E-state index in [-0.39, 0.29) is 12.4 Å². The first-order valence-electron chi connectivity index (χ1n) is 11.0. The zero-order valence-electron chi connectivity index (χ0n) is 17.6. The third-order valence-electron chi connectivity index (χ3n) is 6.01. The largest absolute Gasteiger partial charge is 0.466 e. The van der Waals surface area contributed by atoms with Crippen LogP contribution in [0.1, 0.15) is 56.5 Å². The molecule has 1 aliphatic carbocycles. The summed E-state index contributed by atoms with van der Waals surface area (Å²) < 4.78 is 9.90. The molecule has 1 saturated carbocycles. The summed E-state index contributed by atoms with van der Waals surface area (Å²) >= 11 is 5.80. The van der Waals surface area contributed by atoms with E-state index in [0.29, 0.717) is 19.3 Å². The minimum absolute atomic E-state index is 0.180. The number of esters is 1. The van der Waals surface area contributed by atoms with E-state index in [2.05, 4.69) is 45.9 Å². The van der Waals surface area contributed by atoms with Crippen LogP contribution in [0.4, 0.5) is 0 Å². The van der Waals surface area contributed by atoms with Gasteiger partial charge in [0.1, 0.15) is 12.2 Å². The number of aromatic nitrogens is 3. The first-order chi connectivity index (χ1) is 14.7. The number of benzene rings is 1. The van der Waals surface area contributed by atoms with E-state index in [0.717, 1.165) is 42.9 Å². The topological polar surface area (TPSA) is 52.3 Å². The zero-order chi connectivity index (χ0) is 20.9. The fourth-order valence-corrected chi connectivity index (χ4v) is 4.84. The van der Waals surface area contributed by atoms with Gasteiger partial charge in [0.2, 0.25) is 0 Å². The van der Waals surface area contributed by atoms with E-state index in [4.69, 9.17) is 22.1 Å². The lowest BCUT2D eigenvalue weighted by Gasteiger charge is -2.26. The molecular weight excluding hydrogens is 396 g/mol. The van der Waals surface area contributed by atoms with E-state index in [1.807, 2.05) is 11.6 Å². The van der Waals surface area contributed by atoms with Gasteiger partial charge in [0, 0.05) is 19.1 Å². The molecule has 1 aliphatic heterocycles. The van der Waals surface area contributed by atoms with Crippen LogP contribution in [0.25, 0.3) is 5.57 Å². The van der Waals surface area contributed by atoms with Gasteiger partial charge in [-0.05, 0) is 49.5 Å². The maximum Gasteiger partial charge on any atom is 0.313 e. The summed E-state index contributed by atoms with van der Waals surface area (Å²) in [7, 11) is 0. The molecule has 0 unspecified atom stereocenters. The zero-order valence-corrected chi connectivity index (χ0v) is 18.4. The molecule has 30 heavy (non-hydrogen) atoms. The third-order valence-corrected chi connectivity index (χ3v) is 6.42. The third kappa shape index (κ3) is 4.73. The maximum atomic E-state index is 12.1. The van der Waals surface area contributed by atoms with Gasteiger partial charge < -0.3 is 9.30 Å². The Kier molecular flexibility index (Phi) is 6.79. The Morgan fingerprint density at radius 3 is 2.67 bits per heavy atom. The number of ether oxygens (including phenoxy) is 1. The van der Waals surface area contributed by atoms with Crippen LogP contribution in [0, 0.1) is 4.77 Å². The average molecular weight is 427 g/mol. The second kappa shape index (κ2) is 9.71. The molecule has 4 rings (SSSR count). The Morgan fingerprint density at radius 2 is 2.00 bits per heavy atom. The molecule has 7 heteroatoms. The molecule has 1 aromatic carbocycles. The monoisotopic (exact) mass is 426 g/mol. The molecule has 2 aromatic rings. The van der Waals surface area contributed by atoms with Crippen LogP contribution in [0.2, 0.25) is 0 Å². The van der Waals surface area contributed by atoms with Crippen molar-refractivity contribution in [2.75, 3.05) is 19.7 Å². The molecule has 0 atom stereocenters. The summed E-state index contributed by atoms with van der Waals surface area (Å²) in [6.45, 7) is 4.69. The van der Waals surface area contributed by atoms with E-state index < -0.39 is 0 Å². The van der Waals surface area contributed by atoms with Crippen molar-refractivity contribution in [3.8, 4) is 0 Å². The summed E-state index contributed by atoms with van der Waals surface area (Å²) in [6, 6.07) is 10.9. The van der Waals surface area contributed by atoms with Gasteiger partial charge in [0.25, 0.3) is 0 Å². The van der Waals surface area contributed by atoms with Gasteiger partial charge in [-0.3, -0.25) is 9.69 Å². The van der Waals surface area contributed by atoms with Crippen LogP contribution in [0.15, 0.2) is 36.4 Å². The summed E-state index contributed by atoms with van der Waals surface area (Å²) in [4.78, 5) is 14.5. The molecule has 0 spiro atoms. The van der Waals surface area contributed by atoms with Gasteiger partial charge in [0.15, 0.2) is 4.77 Å². The van der Waals surface area contributed by atoms with Crippen LogP contribution < -0.4 is 0 Å². The van der Waals surface area contributed by atoms with Gasteiger partial charge in [-0.1, -0.05) is 49.2 Å². The minimum Gasteiger partial charge on any atom is -0.466 e. The van der Waals surface area contributed by atoms with Gasteiger partial charge >= 0.3 is 5.97 Å². The highest BCUT2D eigenvalue weighted by atomic mass is 32.1. The van der Waals surface area contributed by atoms with E-state index in [9.17, 15) is 4.79 Å². The second-order valence-corrected chi connectivity index (χ2v) is 8.42. The van der Waals surface area contributed by atoms with Crippen LogP contribution >= 0.6 is 12.2 Å². The first-order valence-corrected chi connectivity index (χ1v) is 11.4. The van der Waals surface area contributed by atoms with E-state index >= 15 is 0 Å². The van der Waals surface area contributed by atoms with Crippen molar-refractivity contribution in [2.45, 2.75) is 58.2 Å². The molecule has 1 aromatic heterocycles. The van der Waals surface area contributed by atoms with Crippen LogP contribution in [0.3, 0.4) is 0 Å². The molecule has 0 saturated heterocycles. The number of carbonyl (C=O) groups is 1. The molecule has 1 fully saturated rings. The maximum absolute atomic E-state index is 12.1. The Hall–Kier alpha value is -2.25. The minimum atomic E-state index is -0.239. The van der Waals surface area contributed by atoms with Crippen LogP contribution in [0.5, 0.6) is 0 Å². The van der Waals surface area contributed by atoms with Gasteiger partial charge in [0.05, 0.1) is 13.3 Å². The highest BCUT2D eigenvalue weighted by Gasteiger charge is 2.25. The Bertz CT molecular complexity index is 957. The molecule has 6 nitrogen and oxygen atoms in total. The summed E-state index contributed by atoms with van der Waals surface area (Å²) in [5.74, 6) is 0.500. The molecule has 0 bridgehead atoms. The van der Waals surface area contributed by atoms with Gasteiger partial charge in [-0.25, -0.2) is 4.68 Å². The molecule has 160 valence electrons. The number of nitrogens with zero attached hydrogens (tertiary/aromatic N) is 4. The lowest BCUT2D eigenvalue weighted by molar-refractivity contribution is -0.142. The molecule has 0 N–H and O–H groups in total. The van der Waals surface area contributed by atoms with Crippen molar-refractivity contribution in [2.24, 2.45) is 0 Å². The number of hydrogen-bond acceptors (Lipinski definition) is 5. The fraction of sp³-hybridized carbons (Fsp3) is 0.522. The number of carbonyl (C=O) groups excluding carboxylic acids is 1. The molecular formula is C23H30N4O2S. The summed E-state index contributed by atoms with van der Waals surface area (Å²) in [6.07, 6.45) is 8.10. The smallest absolute Gasteiger partial charge is 0.313 e. The predicted octanol–water partition coefficient (Wildman–Crippen LogP) is 4.38.